The highest BCUT2D eigenvalue weighted by molar-refractivity contribution is 7.90. The summed E-state index contributed by atoms with van der Waals surface area (Å²) in [7, 11) is -1.89. The molecule has 3 aromatic rings. The van der Waals surface area contributed by atoms with Gasteiger partial charge in [-0.2, -0.15) is 0 Å². The Balaban J connectivity index is 1.75. The molecular formula is C22H23NO4S. The molecule has 6 heteroatoms. The Morgan fingerprint density at radius 1 is 0.964 bits per heavy atom. The molecule has 28 heavy (non-hydrogen) atoms. The Morgan fingerprint density at radius 3 is 2.25 bits per heavy atom. The van der Waals surface area contributed by atoms with Gasteiger partial charge in [0.15, 0.2) is 15.6 Å². The first kappa shape index (κ1) is 19.9. The van der Waals surface area contributed by atoms with E-state index < -0.39 is 9.84 Å². The Bertz CT molecular complexity index is 1040. The van der Waals surface area contributed by atoms with Crippen molar-refractivity contribution < 1.29 is 17.6 Å². The van der Waals surface area contributed by atoms with E-state index >= 15 is 0 Å². The van der Waals surface area contributed by atoms with Crippen molar-refractivity contribution in [1.29, 1.82) is 0 Å². The Labute approximate surface area is 165 Å². The second-order valence-electron chi connectivity index (χ2n) is 6.68. The quantitative estimate of drug-likeness (QED) is 0.602. The van der Waals surface area contributed by atoms with Gasteiger partial charge in [-0.15, -0.1) is 0 Å². The first-order valence-corrected chi connectivity index (χ1v) is 10.7. The van der Waals surface area contributed by atoms with E-state index in [0.717, 1.165) is 12.0 Å². The normalized spacial score (nSPS) is 11.4. The van der Waals surface area contributed by atoms with E-state index in [-0.39, 0.29) is 22.3 Å². The molecule has 0 spiro atoms. The average molecular weight is 397 g/mol. The molecule has 0 radical (unpaired) electrons. The zero-order valence-electron chi connectivity index (χ0n) is 16.0. The monoisotopic (exact) mass is 397 g/mol. The van der Waals surface area contributed by atoms with E-state index in [4.69, 9.17) is 4.42 Å². The van der Waals surface area contributed by atoms with Gasteiger partial charge in [-0.3, -0.25) is 4.79 Å². The van der Waals surface area contributed by atoms with Gasteiger partial charge in [0, 0.05) is 19.2 Å². The van der Waals surface area contributed by atoms with Crippen LogP contribution in [0.2, 0.25) is 0 Å². The van der Waals surface area contributed by atoms with E-state index in [9.17, 15) is 13.2 Å². The zero-order valence-corrected chi connectivity index (χ0v) is 16.8. The van der Waals surface area contributed by atoms with E-state index in [1.54, 1.807) is 37.4 Å². The fraction of sp³-hybridized carbons (Fsp3) is 0.227. The second kappa shape index (κ2) is 8.44. The molecule has 0 aliphatic rings. The molecule has 0 saturated carbocycles. The number of rotatable bonds is 7. The maximum absolute atomic E-state index is 12.8. The molecule has 5 nitrogen and oxygen atoms in total. The smallest absolute Gasteiger partial charge is 0.289 e. The third-order valence-electron chi connectivity index (χ3n) is 4.59. The molecule has 0 aliphatic heterocycles. The summed E-state index contributed by atoms with van der Waals surface area (Å²) >= 11 is 0. The van der Waals surface area contributed by atoms with Gasteiger partial charge in [0.25, 0.3) is 5.91 Å². The summed E-state index contributed by atoms with van der Waals surface area (Å²) in [6, 6.07) is 17.8. The number of carbonyl (C=O) groups is 1. The number of aryl methyl sites for hydroxylation is 1. The highest BCUT2D eigenvalue weighted by Gasteiger charge is 2.24. The number of hydrogen-bond acceptors (Lipinski definition) is 4. The predicted molar refractivity (Wildman–Crippen MR) is 108 cm³/mol. The number of carbonyl (C=O) groups excluding carboxylic acids is 1. The highest BCUT2D eigenvalue weighted by atomic mass is 32.2. The van der Waals surface area contributed by atoms with Crippen LogP contribution in [0.4, 0.5) is 0 Å². The number of sulfone groups is 1. The van der Waals surface area contributed by atoms with Crippen LogP contribution in [-0.4, -0.2) is 26.3 Å². The van der Waals surface area contributed by atoms with Crippen LogP contribution in [0.15, 0.2) is 76.2 Å². The third kappa shape index (κ3) is 4.51. The molecule has 0 fully saturated rings. The number of amides is 1. The highest BCUT2D eigenvalue weighted by Crippen LogP contribution is 2.21. The molecule has 0 atom stereocenters. The van der Waals surface area contributed by atoms with Crippen LogP contribution in [0.25, 0.3) is 0 Å². The molecule has 1 heterocycles. The molecule has 0 aliphatic carbocycles. The summed E-state index contributed by atoms with van der Waals surface area (Å²) in [5.74, 6) is -0.566. The van der Waals surface area contributed by atoms with Gasteiger partial charge >= 0.3 is 0 Å². The minimum atomic E-state index is -3.56. The van der Waals surface area contributed by atoms with E-state index in [0.29, 0.717) is 12.1 Å². The summed E-state index contributed by atoms with van der Waals surface area (Å²) < 4.78 is 30.6. The van der Waals surface area contributed by atoms with Crippen molar-refractivity contribution in [3.05, 3.63) is 89.4 Å². The molecule has 0 bridgehead atoms. The minimum absolute atomic E-state index is 0.0622. The fourth-order valence-electron chi connectivity index (χ4n) is 2.95. The van der Waals surface area contributed by atoms with Crippen LogP contribution in [0.1, 0.15) is 34.2 Å². The van der Waals surface area contributed by atoms with Gasteiger partial charge in [0.05, 0.1) is 16.9 Å². The van der Waals surface area contributed by atoms with E-state index in [1.807, 2.05) is 24.3 Å². The van der Waals surface area contributed by atoms with Crippen molar-refractivity contribution in [1.82, 2.24) is 4.90 Å². The number of furan rings is 1. The first-order valence-electron chi connectivity index (χ1n) is 9.08. The molecule has 0 N–H and O–H groups in total. The van der Waals surface area contributed by atoms with Crippen molar-refractivity contribution in [2.45, 2.75) is 30.5 Å². The topological polar surface area (TPSA) is 67.6 Å². The molecule has 0 saturated heterocycles. The Kier molecular flexibility index (Phi) is 5.99. The first-order chi connectivity index (χ1) is 13.4. The maximum Gasteiger partial charge on any atom is 0.289 e. The number of nitrogens with zero attached hydrogens (tertiary/aromatic N) is 1. The minimum Gasteiger partial charge on any atom is -0.459 e. The van der Waals surface area contributed by atoms with Crippen molar-refractivity contribution in [2.24, 2.45) is 0 Å². The Morgan fingerprint density at radius 2 is 1.61 bits per heavy atom. The van der Waals surface area contributed by atoms with Gasteiger partial charge in [-0.25, -0.2) is 8.42 Å². The summed E-state index contributed by atoms with van der Waals surface area (Å²) in [5, 5.41) is 0. The molecule has 1 amide bonds. The van der Waals surface area contributed by atoms with Gasteiger partial charge in [0.1, 0.15) is 0 Å². The second-order valence-corrected chi connectivity index (χ2v) is 8.67. The summed E-state index contributed by atoms with van der Waals surface area (Å²) in [5.41, 5.74) is 2.59. The van der Waals surface area contributed by atoms with Gasteiger partial charge in [-0.05, 0) is 35.7 Å². The maximum atomic E-state index is 12.8. The average Bonchev–Trinajstić information content (AvgIpc) is 3.16. The fourth-order valence-corrected chi connectivity index (χ4v) is 4.33. The van der Waals surface area contributed by atoms with Crippen molar-refractivity contribution in [3.8, 4) is 0 Å². The van der Waals surface area contributed by atoms with Gasteiger partial charge < -0.3 is 9.32 Å². The number of hydrogen-bond donors (Lipinski definition) is 0. The molecule has 1 aromatic heterocycles. The standard InChI is InChI=1S/C22H23NO4S/c1-3-17-9-11-18(12-10-17)15-23(2)22(24)21-19(13-14-27-21)16-28(25,26)20-7-5-4-6-8-20/h4-14H,3,15-16H2,1-2H3. The summed E-state index contributed by atoms with van der Waals surface area (Å²) in [6.45, 7) is 2.50. The van der Waals surface area contributed by atoms with Crippen LogP contribution in [-0.2, 0) is 28.6 Å². The van der Waals surface area contributed by atoms with Crippen molar-refractivity contribution >= 4 is 15.7 Å². The predicted octanol–water partition coefficient (Wildman–Crippen LogP) is 4.09. The van der Waals surface area contributed by atoms with Crippen LogP contribution < -0.4 is 0 Å². The van der Waals surface area contributed by atoms with Crippen molar-refractivity contribution in [3.63, 3.8) is 0 Å². The SMILES string of the molecule is CCc1ccc(CN(C)C(=O)c2occc2CS(=O)(=O)c2ccccc2)cc1. The van der Waals surface area contributed by atoms with E-state index in [1.165, 1.54) is 22.8 Å². The lowest BCUT2D eigenvalue weighted by molar-refractivity contribution is 0.0752. The molecule has 3 rings (SSSR count). The zero-order chi connectivity index (χ0) is 20.1. The van der Waals surface area contributed by atoms with Gasteiger partial charge in [-0.1, -0.05) is 49.4 Å². The molecular weight excluding hydrogens is 374 g/mol. The lowest BCUT2D eigenvalue weighted by Crippen LogP contribution is -2.27. The van der Waals surface area contributed by atoms with Crippen LogP contribution >= 0.6 is 0 Å². The van der Waals surface area contributed by atoms with Crippen LogP contribution in [0.3, 0.4) is 0 Å². The van der Waals surface area contributed by atoms with Crippen molar-refractivity contribution in [2.75, 3.05) is 7.05 Å². The summed E-state index contributed by atoms with van der Waals surface area (Å²) in [6.07, 6.45) is 2.31. The number of benzene rings is 2. The third-order valence-corrected chi connectivity index (χ3v) is 6.27. The molecule has 0 unspecified atom stereocenters. The molecule has 2 aromatic carbocycles. The Hall–Kier alpha value is -2.86. The summed E-state index contributed by atoms with van der Waals surface area (Å²) in [4.78, 5) is 14.6. The molecule has 146 valence electrons. The lowest BCUT2D eigenvalue weighted by atomic mass is 10.1. The largest absolute Gasteiger partial charge is 0.459 e. The van der Waals surface area contributed by atoms with Crippen LogP contribution in [0.5, 0.6) is 0 Å². The van der Waals surface area contributed by atoms with Crippen LogP contribution in [0, 0.1) is 0 Å². The lowest BCUT2D eigenvalue weighted by Gasteiger charge is -2.17. The van der Waals surface area contributed by atoms with E-state index in [2.05, 4.69) is 6.92 Å². The van der Waals surface area contributed by atoms with Gasteiger partial charge in [0.2, 0.25) is 0 Å².